The number of rotatable bonds is 6. The van der Waals surface area contributed by atoms with Crippen LogP contribution in [0.15, 0.2) is 42.9 Å². The van der Waals surface area contributed by atoms with Crippen molar-refractivity contribution in [3.05, 3.63) is 54.0 Å². The number of hydrogen-bond acceptors (Lipinski definition) is 4. The van der Waals surface area contributed by atoms with Crippen LogP contribution in [0.1, 0.15) is 28.8 Å². The first-order valence-electron chi connectivity index (χ1n) is 8.90. The van der Waals surface area contributed by atoms with Crippen molar-refractivity contribution in [2.24, 2.45) is 5.92 Å². The van der Waals surface area contributed by atoms with Crippen LogP contribution in [0.5, 0.6) is 0 Å². The minimum Gasteiger partial charge on any atom is -0.348 e. The highest BCUT2D eigenvalue weighted by Gasteiger charge is 2.34. The molecule has 0 atom stereocenters. The van der Waals surface area contributed by atoms with Gasteiger partial charge in [0.25, 0.3) is 5.91 Å². The molecule has 2 aromatic rings. The molecular formula is C19H21N5O2. The normalized spacial score (nSPS) is 16.8. The Hall–Kier alpha value is -2.96. The quantitative estimate of drug-likeness (QED) is 0.864. The lowest BCUT2D eigenvalue weighted by molar-refractivity contribution is 0.0950. The fourth-order valence-electron chi connectivity index (χ4n) is 3.04. The molecule has 3 heterocycles. The fourth-order valence-corrected chi connectivity index (χ4v) is 3.04. The molecule has 1 aliphatic carbocycles. The zero-order valence-electron chi connectivity index (χ0n) is 14.5. The van der Waals surface area contributed by atoms with E-state index >= 15 is 0 Å². The average Bonchev–Trinajstić information content (AvgIpc) is 3.43. The maximum atomic E-state index is 12.5. The lowest BCUT2D eigenvalue weighted by Crippen LogP contribution is -2.33. The van der Waals surface area contributed by atoms with Crippen molar-refractivity contribution in [2.75, 3.05) is 24.5 Å². The van der Waals surface area contributed by atoms with Crippen molar-refractivity contribution >= 4 is 17.8 Å². The standard InChI is InChI=1S/C19H21N5O2/c25-18(16-2-1-7-20-12-16)22-11-15-5-6-17(21-10-15)24-9-8-23(19(24)26)13-14-3-4-14/h1-2,5-7,10,12,14H,3-4,8-9,11,13H2,(H,22,25). The zero-order valence-corrected chi connectivity index (χ0v) is 14.5. The molecule has 0 radical (unpaired) electrons. The molecule has 4 rings (SSSR count). The maximum absolute atomic E-state index is 12.5. The van der Waals surface area contributed by atoms with Gasteiger partial charge in [0.2, 0.25) is 0 Å². The number of nitrogens with zero attached hydrogens (tertiary/aromatic N) is 4. The predicted octanol–water partition coefficient (Wildman–Crippen LogP) is 2.06. The Balaban J connectivity index is 1.33. The van der Waals surface area contributed by atoms with E-state index in [9.17, 15) is 9.59 Å². The largest absolute Gasteiger partial charge is 0.348 e. The monoisotopic (exact) mass is 351 g/mol. The molecule has 7 nitrogen and oxygen atoms in total. The van der Waals surface area contributed by atoms with Crippen molar-refractivity contribution in [3.8, 4) is 0 Å². The smallest absolute Gasteiger partial charge is 0.325 e. The second-order valence-electron chi connectivity index (χ2n) is 6.77. The van der Waals surface area contributed by atoms with Gasteiger partial charge in [-0.3, -0.25) is 14.7 Å². The number of aromatic nitrogens is 2. The molecule has 134 valence electrons. The number of amides is 3. The van der Waals surface area contributed by atoms with E-state index in [-0.39, 0.29) is 11.9 Å². The van der Waals surface area contributed by atoms with E-state index in [1.807, 2.05) is 17.0 Å². The van der Waals surface area contributed by atoms with E-state index in [2.05, 4.69) is 15.3 Å². The summed E-state index contributed by atoms with van der Waals surface area (Å²) in [5, 5.41) is 2.84. The maximum Gasteiger partial charge on any atom is 0.325 e. The van der Waals surface area contributed by atoms with E-state index in [0.717, 1.165) is 18.7 Å². The molecule has 1 N–H and O–H groups in total. The van der Waals surface area contributed by atoms with E-state index in [4.69, 9.17) is 0 Å². The molecule has 0 unspecified atom stereocenters. The minimum atomic E-state index is -0.174. The zero-order chi connectivity index (χ0) is 17.9. The van der Waals surface area contributed by atoms with Crippen LogP contribution in [0.3, 0.4) is 0 Å². The second kappa shape index (κ2) is 7.11. The van der Waals surface area contributed by atoms with Gasteiger partial charge in [-0.25, -0.2) is 9.78 Å². The molecular weight excluding hydrogens is 330 g/mol. The Morgan fingerprint density at radius 3 is 2.77 bits per heavy atom. The van der Waals surface area contributed by atoms with Crippen LogP contribution < -0.4 is 10.2 Å². The van der Waals surface area contributed by atoms with Crippen molar-refractivity contribution in [3.63, 3.8) is 0 Å². The third kappa shape index (κ3) is 3.66. The van der Waals surface area contributed by atoms with Gasteiger partial charge in [0, 0.05) is 44.8 Å². The van der Waals surface area contributed by atoms with Gasteiger partial charge >= 0.3 is 6.03 Å². The Morgan fingerprint density at radius 2 is 2.08 bits per heavy atom. The van der Waals surface area contributed by atoms with Gasteiger partial charge in [0.1, 0.15) is 5.82 Å². The van der Waals surface area contributed by atoms with Crippen LogP contribution >= 0.6 is 0 Å². The molecule has 0 aromatic carbocycles. The van der Waals surface area contributed by atoms with Gasteiger partial charge in [-0.15, -0.1) is 0 Å². The van der Waals surface area contributed by atoms with Gasteiger partial charge in [0.05, 0.1) is 5.56 Å². The van der Waals surface area contributed by atoms with Crippen molar-refractivity contribution in [1.82, 2.24) is 20.2 Å². The Morgan fingerprint density at radius 1 is 1.19 bits per heavy atom. The van der Waals surface area contributed by atoms with E-state index < -0.39 is 0 Å². The Bertz CT molecular complexity index is 789. The van der Waals surface area contributed by atoms with E-state index in [1.165, 1.54) is 19.0 Å². The van der Waals surface area contributed by atoms with Gasteiger partial charge in [-0.2, -0.15) is 0 Å². The molecule has 3 amide bonds. The number of urea groups is 1. The average molecular weight is 351 g/mol. The van der Waals surface area contributed by atoms with Gasteiger partial charge in [-0.1, -0.05) is 6.07 Å². The summed E-state index contributed by atoms with van der Waals surface area (Å²) >= 11 is 0. The van der Waals surface area contributed by atoms with Crippen LogP contribution in [0.4, 0.5) is 10.6 Å². The second-order valence-corrected chi connectivity index (χ2v) is 6.77. The molecule has 2 fully saturated rings. The van der Waals surface area contributed by atoms with Crippen LogP contribution in [0, 0.1) is 5.92 Å². The SMILES string of the molecule is O=C(NCc1ccc(N2CCN(CC3CC3)C2=O)nc1)c1cccnc1. The molecule has 0 spiro atoms. The molecule has 1 aliphatic heterocycles. The third-order valence-corrected chi connectivity index (χ3v) is 4.73. The number of carbonyl (C=O) groups excluding carboxylic acids is 2. The summed E-state index contributed by atoms with van der Waals surface area (Å²) in [6.45, 7) is 2.69. The number of hydrogen-bond donors (Lipinski definition) is 1. The Kier molecular flexibility index (Phi) is 4.51. The Labute approximate surface area is 152 Å². The van der Waals surface area contributed by atoms with E-state index in [0.29, 0.717) is 30.4 Å². The molecule has 0 bridgehead atoms. The van der Waals surface area contributed by atoms with Gasteiger partial charge in [-0.05, 0) is 42.5 Å². The van der Waals surface area contributed by atoms with Gasteiger partial charge in [0.15, 0.2) is 0 Å². The molecule has 2 aliphatic rings. The van der Waals surface area contributed by atoms with Gasteiger partial charge < -0.3 is 10.2 Å². The number of carbonyl (C=O) groups is 2. The first kappa shape index (κ1) is 16.5. The summed E-state index contributed by atoms with van der Waals surface area (Å²) in [5.74, 6) is 1.18. The van der Waals surface area contributed by atoms with Crippen molar-refractivity contribution in [1.29, 1.82) is 0 Å². The van der Waals surface area contributed by atoms with Crippen molar-refractivity contribution in [2.45, 2.75) is 19.4 Å². The highest BCUT2D eigenvalue weighted by atomic mass is 16.2. The summed E-state index contributed by atoms with van der Waals surface area (Å²) in [7, 11) is 0. The first-order chi connectivity index (χ1) is 12.7. The summed E-state index contributed by atoms with van der Waals surface area (Å²) in [6, 6.07) is 7.22. The predicted molar refractivity (Wildman–Crippen MR) is 96.7 cm³/mol. The lowest BCUT2D eigenvalue weighted by Gasteiger charge is -2.18. The summed E-state index contributed by atoms with van der Waals surface area (Å²) in [4.78, 5) is 36.5. The van der Waals surface area contributed by atoms with Crippen LogP contribution in [-0.2, 0) is 6.54 Å². The number of nitrogens with one attached hydrogen (secondary N) is 1. The van der Waals surface area contributed by atoms with Crippen LogP contribution in [-0.4, -0.2) is 46.4 Å². The van der Waals surface area contributed by atoms with E-state index in [1.54, 1.807) is 29.4 Å². The number of anilines is 1. The molecule has 1 saturated heterocycles. The fraction of sp³-hybridized carbons (Fsp3) is 0.368. The minimum absolute atomic E-state index is 0.0435. The lowest BCUT2D eigenvalue weighted by atomic mass is 10.2. The topological polar surface area (TPSA) is 78.4 Å². The summed E-state index contributed by atoms with van der Waals surface area (Å²) in [5.41, 5.74) is 1.41. The molecule has 7 heteroatoms. The molecule has 26 heavy (non-hydrogen) atoms. The summed E-state index contributed by atoms with van der Waals surface area (Å²) < 4.78 is 0. The highest BCUT2D eigenvalue weighted by molar-refractivity contribution is 5.94. The highest BCUT2D eigenvalue weighted by Crippen LogP contribution is 2.31. The van der Waals surface area contributed by atoms with Crippen molar-refractivity contribution < 1.29 is 9.59 Å². The number of pyridine rings is 2. The third-order valence-electron chi connectivity index (χ3n) is 4.73. The van der Waals surface area contributed by atoms with Crippen LogP contribution in [0.25, 0.3) is 0 Å². The van der Waals surface area contributed by atoms with Crippen LogP contribution in [0.2, 0.25) is 0 Å². The molecule has 1 saturated carbocycles. The molecule has 2 aromatic heterocycles. The first-order valence-corrected chi connectivity index (χ1v) is 8.90. The summed E-state index contributed by atoms with van der Waals surface area (Å²) in [6.07, 6.45) is 7.34.